The van der Waals surface area contributed by atoms with Crippen LogP contribution < -0.4 is 11.5 Å². The fourth-order valence-electron chi connectivity index (χ4n) is 3.88. The van der Waals surface area contributed by atoms with Crippen LogP contribution in [0.3, 0.4) is 0 Å². The Labute approximate surface area is 158 Å². The molecule has 0 aliphatic heterocycles. The van der Waals surface area contributed by atoms with Gasteiger partial charge in [0.2, 0.25) is 0 Å². The monoisotopic (exact) mass is 374 g/mol. The van der Waals surface area contributed by atoms with E-state index in [2.05, 4.69) is 24.3 Å². The highest BCUT2D eigenvalue weighted by atomic mass is 32.1. The number of benzene rings is 1. The first kappa shape index (κ1) is 18.9. The summed E-state index contributed by atoms with van der Waals surface area (Å²) in [4.78, 5) is 13.0. The van der Waals surface area contributed by atoms with Crippen LogP contribution in [0.25, 0.3) is 0 Å². The van der Waals surface area contributed by atoms with Gasteiger partial charge in [0.15, 0.2) is 0 Å². The smallest absolute Gasteiger partial charge is 0.251 e. The Bertz CT molecular complexity index is 760. The maximum Gasteiger partial charge on any atom is 0.251 e. The fourth-order valence-corrected chi connectivity index (χ4v) is 5.15. The number of hydrogen-bond acceptors (Lipinski definition) is 5. The Morgan fingerprint density at radius 2 is 2.00 bits per heavy atom. The molecule has 140 valence electrons. The Balaban J connectivity index is 1.86. The van der Waals surface area contributed by atoms with E-state index in [4.69, 9.17) is 20.9 Å². The lowest BCUT2D eigenvalue weighted by Gasteiger charge is -2.38. The third-order valence-electron chi connectivity index (χ3n) is 5.26. The molecule has 1 aromatic carbocycles. The summed E-state index contributed by atoms with van der Waals surface area (Å²) in [5.41, 5.74) is 14.5. The molecule has 1 amide bonds. The van der Waals surface area contributed by atoms with E-state index < -0.39 is 5.91 Å². The van der Waals surface area contributed by atoms with Gasteiger partial charge in [0.05, 0.1) is 23.8 Å². The highest BCUT2D eigenvalue weighted by Crippen LogP contribution is 2.46. The van der Waals surface area contributed by atoms with Gasteiger partial charge in [-0.2, -0.15) is 0 Å². The minimum atomic E-state index is -0.421. The molecule has 0 fully saturated rings. The lowest BCUT2D eigenvalue weighted by molar-refractivity contribution is 0.0590. The van der Waals surface area contributed by atoms with E-state index >= 15 is 0 Å². The van der Waals surface area contributed by atoms with E-state index in [9.17, 15) is 4.79 Å². The summed E-state index contributed by atoms with van der Waals surface area (Å²) in [5.74, 6) is -0.421. The number of methoxy groups -OCH3 is 1. The van der Waals surface area contributed by atoms with Gasteiger partial charge in [0.1, 0.15) is 0 Å². The predicted molar refractivity (Wildman–Crippen MR) is 105 cm³/mol. The van der Waals surface area contributed by atoms with Gasteiger partial charge >= 0.3 is 0 Å². The van der Waals surface area contributed by atoms with Crippen LogP contribution in [-0.2, 0) is 27.7 Å². The van der Waals surface area contributed by atoms with Gasteiger partial charge in [0, 0.05) is 24.0 Å². The van der Waals surface area contributed by atoms with Crippen LogP contribution in [0.1, 0.15) is 39.2 Å². The SMILES string of the molecule is COCCOCCC1(c2ccccc2)CCc2c(sc(N)c2C(N)=O)C1. The first-order valence-corrected chi connectivity index (χ1v) is 9.71. The minimum Gasteiger partial charge on any atom is -0.390 e. The Kier molecular flexibility index (Phi) is 5.96. The van der Waals surface area contributed by atoms with E-state index in [1.54, 1.807) is 7.11 Å². The molecule has 0 spiro atoms. The largest absolute Gasteiger partial charge is 0.390 e. The summed E-state index contributed by atoms with van der Waals surface area (Å²) in [6, 6.07) is 10.6. The quantitative estimate of drug-likeness (QED) is 0.696. The molecule has 0 saturated carbocycles. The lowest BCUT2D eigenvalue weighted by atomic mass is 9.67. The zero-order valence-electron chi connectivity index (χ0n) is 15.1. The number of nitrogen functional groups attached to an aromatic ring is 1. The van der Waals surface area contributed by atoms with Crippen molar-refractivity contribution < 1.29 is 14.3 Å². The fraction of sp³-hybridized carbons (Fsp3) is 0.450. The number of rotatable bonds is 8. The Morgan fingerprint density at radius 1 is 1.23 bits per heavy atom. The number of primary amides is 1. The molecule has 0 bridgehead atoms. The summed E-state index contributed by atoms with van der Waals surface area (Å²) in [5, 5.41) is 0.544. The normalized spacial score (nSPS) is 19.3. The zero-order chi connectivity index (χ0) is 18.6. The van der Waals surface area contributed by atoms with Crippen molar-refractivity contribution in [3.63, 3.8) is 0 Å². The first-order chi connectivity index (χ1) is 12.6. The molecule has 0 radical (unpaired) electrons. The van der Waals surface area contributed by atoms with E-state index in [0.717, 1.165) is 31.2 Å². The highest BCUT2D eigenvalue weighted by molar-refractivity contribution is 7.16. The van der Waals surface area contributed by atoms with Crippen molar-refractivity contribution in [3.8, 4) is 0 Å². The van der Waals surface area contributed by atoms with Crippen LogP contribution >= 0.6 is 11.3 Å². The van der Waals surface area contributed by atoms with Crippen molar-refractivity contribution in [2.45, 2.75) is 31.1 Å². The van der Waals surface area contributed by atoms with Crippen LogP contribution in [-0.4, -0.2) is 32.8 Å². The van der Waals surface area contributed by atoms with Gasteiger partial charge in [-0.15, -0.1) is 11.3 Å². The van der Waals surface area contributed by atoms with Crippen LogP contribution in [0.15, 0.2) is 30.3 Å². The molecule has 1 aromatic heterocycles. The topological polar surface area (TPSA) is 87.6 Å². The second-order valence-electron chi connectivity index (χ2n) is 6.79. The molecule has 3 rings (SSSR count). The molecule has 1 aliphatic carbocycles. The van der Waals surface area contributed by atoms with E-state index in [-0.39, 0.29) is 5.41 Å². The summed E-state index contributed by atoms with van der Waals surface area (Å²) < 4.78 is 10.8. The van der Waals surface area contributed by atoms with Gasteiger partial charge in [-0.3, -0.25) is 4.79 Å². The summed E-state index contributed by atoms with van der Waals surface area (Å²) in [6.45, 7) is 1.88. The number of amides is 1. The van der Waals surface area contributed by atoms with Crippen molar-refractivity contribution in [1.29, 1.82) is 0 Å². The maximum atomic E-state index is 11.8. The van der Waals surface area contributed by atoms with E-state index in [0.29, 0.717) is 30.4 Å². The number of ether oxygens (including phenoxy) is 2. The lowest BCUT2D eigenvalue weighted by Crippen LogP contribution is -2.35. The van der Waals surface area contributed by atoms with Crippen molar-refractivity contribution >= 4 is 22.2 Å². The Hall–Kier alpha value is -1.89. The number of nitrogens with two attached hydrogens (primary N) is 2. The molecule has 5 nitrogen and oxygen atoms in total. The van der Waals surface area contributed by atoms with Crippen molar-refractivity contribution in [2.75, 3.05) is 32.7 Å². The van der Waals surface area contributed by atoms with Crippen LogP contribution in [0.4, 0.5) is 5.00 Å². The zero-order valence-corrected chi connectivity index (χ0v) is 15.9. The second kappa shape index (κ2) is 8.20. The molecule has 1 aliphatic rings. The van der Waals surface area contributed by atoms with Crippen LogP contribution in [0.5, 0.6) is 0 Å². The number of thiophene rings is 1. The van der Waals surface area contributed by atoms with Gasteiger partial charge in [-0.25, -0.2) is 0 Å². The molecule has 6 heteroatoms. The average Bonchev–Trinajstić information content (AvgIpc) is 2.97. The molecule has 0 saturated heterocycles. The predicted octanol–water partition coefficient (Wildman–Crippen LogP) is 2.91. The molecule has 2 aromatic rings. The number of fused-ring (bicyclic) bond motifs is 1. The average molecular weight is 375 g/mol. The Morgan fingerprint density at radius 3 is 2.69 bits per heavy atom. The number of carbonyl (C=O) groups is 1. The van der Waals surface area contributed by atoms with Crippen LogP contribution in [0.2, 0.25) is 0 Å². The molecule has 1 unspecified atom stereocenters. The molecule has 4 N–H and O–H groups in total. The minimum absolute atomic E-state index is 0.00641. The number of carbonyl (C=O) groups excluding carboxylic acids is 1. The summed E-state index contributed by atoms with van der Waals surface area (Å²) in [7, 11) is 1.68. The van der Waals surface area contributed by atoms with Gasteiger partial charge in [-0.05, 0) is 36.8 Å². The van der Waals surface area contributed by atoms with Crippen molar-refractivity contribution in [2.24, 2.45) is 5.73 Å². The van der Waals surface area contributed by atoms with Gasteiger partial charge in [0.25, 0.3) is 5.91 Å². The maximum absolute atomic E-state index is 11.8. The molecular weight excluding hydrogens is 348 g/mol. The third-order valence-corrected chi connectivity index (χ3v) is 6.32. The molecular formula is C20H26N2O3S. The standard InChI is InChI=1S/C20H26N2O3S/c1-24-11-12-25-10-9-20(14-5-3-2-4-6-14)8-7-15-16(13-20)26-19(22)17(15)18(21)23/h2-6H,7-13,22H2,1H3,(H2,21,23). The highest BCUT2D eigenvalue weighted by Gasteiger charge is 2.38. The van der Waals surface area contributed by atoms with E-state index in [1.165, 1.54) is 21.8 Å². The number of hydrogen-bond donors (Lipinski definition) is 2. The van der Waals surface area contributed by atoms with Gasteiger partial charge < -0.3 is 20.9 Å². The van der Waals surface area contributed by atoms with Crippen molar-refractivity contribution in [1.82, 2.24) is 0 Å². The number of anilines is 1. The van der Waals surface area contributed by atoms with Crippen LogP contribution in [0, 0.1) is 0 Å². The van der Waals surface area contributed by atoms with Crippen molar-refractivity contribution in [3.05, 3.63) is 51.9 Å². The molecule has 1 heterocycles. The molecule has 26 heavy (non-hydrogen) atoms. The summed E-state index contributed by atoms with van der Waals surface area (Å²) >= 11 is 1.51. The second-order valence-corrected chi connectivity index (χ2v) is 7.92. The van der Waals surface area contributed by atoms with Gasteiger partial charge in [-0.1, -0.05) is 30.3 Å². The third kappa shape index (κ3) is 3.77. The first-order valence-electron chi connectivity index (χ1n) is 8.89. The van der Waals surface area contributed by atoms with E-state index in [1.807, 2.05) is 6.07 Å². The molecule has 1 atom stereocenters. The summed E-state index contributed by atoms with van der Waals surface area (Å²) in [6.07, 6.45) is 3.55.